The molecule has 9 rings (SSSR count). The minimum absolute atomic E-state index is 0.0266. The van der Waals surface area contributed by atoms with E-state index < -0.39 is 24.2 Å². The van der Waals surface area contributed by atoms with Gasteiger partial charge in [0.15, 0.2) is 0 Å². The molecule has 3 aliphatic carbocycles. The third-order valence-corrected chi connectivity index (χ3v) is 13.2. The second kappa shape index (κ2) is 15.5. The summed E-state index contributed by atoms with van der Waals surface area (Å²) in [7, 11) is 2.51. The van der Waals surface area contributed by atoms with E-state index in [9.17, 15) is 19.2 Å². The number of nitrogens with zero attached hydrogens (tertiary/aromatic N) is 4. The van der Waals surface area contributed by atoms with Crippen LogP contribution in [0.1, 0.15) is 81.7 Å². The van der Waals surface area contributed by atoms with Gasteiger partial charge in [-0.05, 0) is 95.9 Å². The van der Waals surface area contributed by atoms with Crippen molar-refractivity contribution in [2.45, 2.75) is 83.5 Å². The normalized spacial score (nSPS) is 20.5. The summed E-state index contributed by atoms with van der Waals surface area (Å²) in [5.74, 6) is -2.53. The van der Waals surface area contributed by atoms with Crippen LogP contribution in [-0.2, 0) is 31.5 Å². The van der Waals surface area contributed by atoms with Crippen LogP contribution in [0.2, 0.25) is 0 Å². The highest BCUT2D eigenvalue weighted by Gasteiger charge is 2.50. The van der Waals surface area contributed by atoms with E-state index in [0.717, 1.165) is 43.2 Å². The summed E-state index contributed by atoms with van der Waals surface area (Å²) in [4.78, 5) is 70.6. The Morgan fingerprint density at radius 2 is 1.60 bits per heavy atom. The molecule has 324 valence electrons. The van der Waals surface area contributed by atoms with E-state index in [4.69, 9.17) is 9.72 Å². The average molecular weight is 849 g/mol. The van der Waals surface area contributed by atoms with E-state index in [0.29, 0.717) is 51.7 Å². The summed E-state index contributed by atoms with van der Waals surface area (Å²) in [6.07, 6.45) is 4.94. The SMILES string of the molecule is COC(=O)NCC(=O)N1[C@@H]2CC[C@@H](C2)[C@H]1c1nc2ccc(-c3ccc4c(c3)C(F)(F)c3cc(-c5cnc(CN(CC6(C)CC6)C(=O)C(NC(=O)OC)C(C)C)[nH]5)ccc3-4)cc2[nH]1. The molecule has 62 heavy (non-hydrogen) atoms. The number of piperidine rings is 1. The molecule has 4 N–H and O–H groups in total. The number of benzene rings is 3. The van der Waals surface area contributed by atoms with Gasteiger partial charge in [-0.3, -0.25) is 9.59 Å². The number of halogens is 2. The highest BCUT2D eigenvalue weighted by atomic mass is 19.3. The van der Waals surface area contributed by atoms with Gasteiger partial charge in [-0.1, -0.05) is 51.1 Å². The number of carbonyl (C=O) groups is 4. The molecule has 2 aromatic heterocycles. The van der Waals surface area contributed by atoms with Crippen LogP contribution in [0.25, 0.3) is 44.5 Å². The first-order valence-electron chi connectivity index (χ1n) is 21.1. The quantitative estimate of drug-likeness (QED) is 0.0991. The van der Waals surface area contributed by atoms with Crippen LogP contribution in [0.15, 0.2) is 60.8 Å². The van der Waals surface area contributed by atoms with Crippen molar-refractivity contribution in [3.05, 3.63) is 83.6 Å². The maximum atomic E-state index is 16.5. The minimum atomic E-state index is -3.28. The van der Waals surface area contributed by atoms with Gasteiger partial charge in [0.25, 0.3) is 5.92 Å². The third-order valence-electron chi connectivity index (χ3n) is 13.2. The smallest absolute Gasteiger partial charge is 0.407 e. The van der Waals surface area contributed by atoms with Crippen molar-refractivity contribution in [1.29, 1.82) is 0 Å². The van der Waals surface area contributed by atoms with E-state index in [1.807, 2.05) is 43.0 Å². The van der Waals surface area contributed by atoms with Gasteiger partial charge >= 0.3 is 12.2 Å². The summed E-state index contributed by atoms with van der Waals surface area (Å²) in [5, 5.41) is 5.17. The van der Waals surface area contributed by atoms with Crippen LogP contribution >= 0.6 is 0 Å². The largest absolute Gasteiger partial charge is 0.453 e. The summed E-state index contributed by atoms with van der Waals surface area (Å²) < 4.78 is 42.5. The zero-order chi connectivity index (χ0) is 43.7. The number of hydrogen-bond acceptors (Lipinski definition) is 8. The highest BCUT2D eigenvalue weighted by Crippen LogP contribution is 2.53. The van der Waals surface area contributed by atoms with E-state index in [1.165, 1.54) is 20.3 Å². The first kappa shape index (κ1) is 41.1. The van der Waals surface area contributed by atoms with E-state index in [1.54, 1.807) is 35.4 Å². The molecule has 16 heteroatoms. The van der Waals surface area contributed by atoms with Gasteiger partial charge in [0.05, 0.1) is 49.7 Å². The lowest BCUT2D eigenvalue weighted by atomic mass is 9.98. The van der Waals surface area contributed by atoms with Gasteiger partial charge in [0, 0.05) is 29.3 Å². The van der Waals surface area contributed by atoms with E-state index in [-0.39, 0.29) is 65.4 Å². The number of methoxy groups -OCH3 is 2. The Morgan fingerprint density at radius 1 is 0.919 bits per heavy atom. The van der Waals surface area contributed by atoms with Gasteiger partial charge in [0.2, 0.25) is 11.8 Å². The molecule has 1 aliphatic heterocycles. The predicted molar refractivity (Wildman–Crippen MR) is 226 cm³/mol. The summed E-state index contributed by atoms with van der Waals surface area (Å²) in [5.41, 5.74) is 4.55. The number of amides is 4. The zero-order valence-corrected chi connectivity index (χ0v) is 35.3. The van der Waals surface area contributed by atoms with Gasteiger partial charge in [-0.15, -0.1) is 0 Å². The van der Waals surface area contributed by atoms with Crippen LogP contribution in [0, 0.1) is 17.3 Å². The number of carbonyl (C=O) groups excluding carboxylic acids is 4. The fraction of sp³-hybridized carbons (Fsp3) is 0.435. The fourth-order valence-electron chi connectivity index (χ4n) is 9.64. The molecule has 0 radical (unpaired) electrons. The maximum absolute atomic E-state index is 16.5. The van der Waals surface area contributed by atoms with E-state index >= 15 is 8.78 Å². The molecule has 0 spiro atoms. The van der Waals surface area contributed by atoms with Crippen molar-refractivity contribution in [2.24, 2.45) is 17.3 Å². The Balaban J connectivity index is 0.939. The minimum Gasteiger partial charge on any atom is -0.453 e. The molecule has 3 heterocycles. The molecule has 5 aromatic rings. The number of aromatic amines is 2. The lowest BCUT2D eigenvalue weighted by Gasteiger charge is -2.34. The highest BCUT2D eigenvalue weighted by molar-refractivity contribution is 5.88. The Kier molecular flexibility index (Phi) is 10.3. The maximum Gasteiger partial charge on any atom is 0.407 e. The predicted octanol–water partition coefficient (Wildman–Crippen LogP) is 7.66. The molecule has 2 bridgehead atoms. The lowest BCUT2D eigenvalue weighted by molar-refractivity contribution is -0.136. The number of fused-ring (bicyclic) bond motifs is 6. The van der Waals surface area contributed by atoms with Crippen molar-refractivity contribution >= 4 is 35.0 Å². The van der Waals surface area contributed by atoms with Crippen LogP contribution in [0.5, 0.6) is 0 Å². The Hall–Kier alpha value is -6.32. The number of likely N-dealkylation sites (tertiary alicyclic amines) is 1. The molecular weight excluding hydrogens is 799 g/mol. The molecule has 4 atom stereocenters. The number of alkyl carbamates (subject to hydrolysis) is 2. The van der Waals surface area contributed by atoms with Crippen molar-refractivity contribution in [2.75, 3.05) is 27.3 Å². The number of ether oxygens (including phenoxy) is 2. The number of imidazole rings is 2. The molecule has 1 saturated heterocycles. The first-order chi connectivity index (χ1) is 29.7. The lowest BCUT2D eigenvalue weighted by Crippen LogP contribution is -2.52. The number of nitrogens with one attached hydrogen (secondary N) is 4. The third kappa shape index (κ3) is 7.42. The van der Waals surface area contributed by atoms with Crippen molar-refractivity contribution in [3.63, 3.8) is 0 Å². The zero-order valence-electron chi connectivity index (χ0n) is 35.3. The molecular formula is C46H50F2N8O6. The van der Waals surface area contributed by atoms with E-state index in [2.05, 4.69) is 37.2 Å². The molecule has 4 aliphatic rings. The molecule has 3 aromatic carbocycles. The van der Waals surface area contributed by atoms with Gasteiger partial charge in [0.1, 0.15) is 24.2 Å². The monoisotopic (exact) mass is 848 g/mol. The second-order valence-electron chi connectivity index (χ2n) is 17.9. The van der Waals surface area contributed by atoms with Crippen molar-refractivity contribution in [3.8, 4) is 33.5 Å². The second-order valence-corrected chi connectivity index (χ2v) is 17.9. The summed E-state index contributed by atoms with van der Waals surface area (Å²) in [6, 6.07) is 14.8. The number of alkyl halides is 2. The number of H-pyrrole nitrogens is 2. The molecule has 3 fully saturated rings. The van der Waals surface area contributed by atoms with Gasteiger partial charge in [-0.2, -0.15) is 8.78 Å². The van der Waals surface area contributed by atoms with Gasteiger partial charge < -0.3 is 39.9 Å². The van der Waals surface area contributed by atoms with Crippen LogP contribution in [0.4, 0.5) is 18.4 Å². The first-order valence-corrected chi connectivity index (χ1v) is 21.1. The Bertz CT molecular complexity index is 2600. The topological polar surface area (TPSA) is 175 Å². The molecule has 1 unspecified atom stereocenters. The summed E-state index contributed by atoms with van der Waals surface area (Å²) in [6.45, 7) is 6.29. The summed E-state index contributed by atoms with van der Waals surface area (Å²) >= 11 is 0. The van der Waals surface area contributed by atoms with Crippen LogP contribution in [-0.4, -0.2) is 93.1 Å². The average Bonchev–Trinajstić information content (AvgIpc) is 3.84. The molecule has 14 nitrogen and oxygen atoms in total. The number of hydrogen-bond donors (Lipinski definition) is 4. The molecule has 2 saturated carbocycles. The fourth-order valence-corrected chi connectivity index (χ4v) is 9.64. The Morgan fingerprint density at radius 3 is 2.29 bits per heavy atom. The van der Waals surface area contributed by atoms with Crippen LogP contribution in [0.3, 0.4) is 0 Å². The number of rotatable bonds is 12. The van der Waals surface area contributed by atoms with Crippen molar-refractivity contribution in [1.82, 2.24) is 40.4 Å². The standard InChI is InChI=1S/C46H50F2N8O6/c1-24(2)39(54-44(60)62-5)42(58)55(23-45(3)14-15-45)22-37-49-20-36(51-37)27-8-12-31-30-11-7-25(17-32(30)46(47,48)33(31)18-27)26-9-13-34-35(19-26)53-41(52-34)40-28-6-10-29(16-28)56(40)38(57)21-50-43(59)61-4/h7-9,11-13,17-20,24,28-29,39-40H,6,10,14-16,21-23H2,1-5H3,(H,49,51)(H,50,59)(H,52,53)(H,54,60)/t28-,29+,39?,40-/m0/s1. The van der Waals surface area contributed by atoms with Crippen molar-refractivity contribution < 1.29 is 37.4 Å². The molecule has 4 amide bonds. The van der Waals surface area contributed by atoms with Gasteiger partial charge in [-0.25, -0.2) is 19.6 Å². The van der Waals surface area contributed by atoms with Crippen LogP contribution < -0.4 is 10.6 Å². The Labute approximate surface area is 357 Å². The number of aromatic nitrogens is 4.